The van der Waals surface area contributed by atoms with Crippen LogP contribution in [-0.2, 0) is 0 Å². The zero-order chi connectivity index (χ0) is 8.27. The van der Waals surface area contributed by atoms with E-state index < -0.39 is 6.10 Å². The molecule has 2 N–H and O–H groups in total. The maximum absolute atomic E-state index is 12.3. The maximum atomic E-state index is 12.3. The summed E-state index contributed by atoms with van der Waals surface area (Å²) in [5.74, 6) is -0.348. The molecular formula is C8H9FO2. The molecule has 3 heteroatoms. The lowest BCUT2D eigenvalue weighted by atomic mass is 10.1. The third kappa shape index (κ3) is 2.00. The lowest BCUT2D eigenvalue weighted by Crippen LogP contribution is -2.01. The first-order valence-corrected chi connectivity index (χ1v) is 3.28. The minimum atomic E-state index is -0.907. The standard InChI is InChI=1S/C8H9FO2/c9-7-3-1-6(2-4-7)8(11)5-10/h1-4,8,10-11H,5H2. The van der Waals surface area contributed by atoms with Gasteiger partial charge in [-0.25, -0.2) is 4.39 Å². The number of aliphatic hydroxyl groups excluding tert-OH is 2. The van der Waals surface area contributed by atoms with Gasteiger partial charge in [-0.3, -0.25) is 0 Å². The topological polar surface area (TPSA) is 40.5 Å². The Kier molecular flexibility index (Phi) is 2.57. The third-order valence-electron chi connectivity index (χ3n) is 1.43. The van der Waals surface area contributed by atoms with Crippen molar-refractivity contribution in [1.29, 1.82) is 0 Å². The van der Waals surface area contributed by atoms with E-state index in [4.69, 9.17) is 10.2 Å². The minimum Gasteiger partial charge on any atom is -0.393 e. The summed E-state index contributed by atoms with van der Waals surface area (Å²) >= 11 is 0. The largest absolute Gasteiger partial charge is 0.393 e. The van der Waals surface area contributed by atoms with E-state index in [1.54, 1.807) is 0 Å². The van der Waals surface area contributed by atoms with Gasteiger partial charge in [0.1, 0.15) is 11.9 Å². The van der Waals surface area contributed by atoms with Crippen LogP contribution >= 0.6 is 0 Å². The molecule has 0 amide bonds. The first-order valence-electron chi connectivity index (χ1n) is 3.28. The van der Waals surface area contributed by atoms with E-state index in [9.17, 15) is 4.39 Å². The molecule has 0 aromatic heterocycles. The summed E-state index contributed by atoms with van der Waals surface area (Å²) in [6.45, 7) is -0.342. The highest BCUT2D eigenvalue weighted by atomic mass is 19.1. The summed E-state index contributed by atoms with van der Waals surface area (Å²) in [6, 6.07) is 5.37. The number of benzene rings is 1. The normalized spacial score (nSPS) is 13.0. The van der Waals surface area contributed by atoms with Gasteiger partial charge in [-0.2, -0.15) is 0 Å². The van der Waals surface area contributed by atoms with Crippen molar-refractivity contribution in [3.05, 3.63) is 35.6 Å². The number of aliphatic hydroxyl groups is 2. The van der Waals surface area contributed by atoms with Crippen LogP contribution < -0.4 is 0 Å². The Bertz CT molecular complexity index is 220. The van der Waals surface area contributed by atoms with Crippen LogP contribution in [0, 0.1) is 5.82 Å². The van der Waals surface area contributed by atoms with E-state index >= 15 is 0 Å². The van der Waals surface area contributed by atoms with Gasteiger partial charge >= 0.3 is 0 Å². The predicted octanol–water partition coefficient (Wildman–Crippen LogP) is 0.851. The molecule has 1 atom stereocenters. The number of hydrogen-bond acceptors (Lipinski definition) is 2. The minimum absolute atomic E-state index is 0.342. The van der Waals surface area contributed by atoms with Crippen LogP contribution in [0.4, 0.5) is 4.39 Å². The first kappa shape index (κ1) is 8.17. The van der Waals surface area contributed by atoms with Gasteiger partial charge in [-0.05, 0) is 17.7 Å². The van der Waals surface area contributed by atoms with Gasteiger partial charge in [0.25, 0.3) is 0 Å². The third-order valence-corrected chi connectivity index (χ3v) is 1.43. The van der Waals surface area contributed by atoms with Crippen molar-refractivity contribution in [2.45, 2.75) is 6.10 Å². The van der Waals surface area contributed by atoms with E-state index in [0.717, 1.165) is 0 Å². The van der Waals surface area contributed by atoms with Crippen LogP contribution in [0.5, 0.6) is 0 Å². The first-order chi connectivity index (χ1) is 5.24. The van der Waals surface area contributed by atoms with Crippen LogP contribution in [0.2, 0.25) is 0 Å². The van der Waals surface area contributed by atoms with Crippen molar-refractivity contribution in [2.75, 3.05) is 6.61 Å². The summed E-state index contributed by atoms with van der Waals surface area (Å²) < 4.78 is 12.3. The molecule has 0 aliphatic heterocycles. The van der Waals surface area contributed by atoms with E-state index in [2.05, 4.69) is 0 Å². The second kappa shape index (κ2) is 3.46. The second-order valence-electron chi connectivity index (χ2n) is 2.25. The Morgan fingerprint density at radius 1 is 1.27 bits per heavy atom. The molecule has 0 heterocycles. The molecule has 60 valence electrons. The zero-order valence-electron chi connectivity index (χ0n) is 5.87. The highest BCUT2D eigenvalue weighted by Crippen LogP contribution is 2.11. The number of halogens is 1. The van der Waals surface area contributed by atoms with Crippen LogP contribution in [0.15, 0.2) is 24.3 Å². The molecule has 1 rings (SSSR count). The van der Waals surface area contributed by atoms with E-state index in [1.165, 1.54) is 24.3 Å². The highest BCUT2D eigenvalue weighted by Gasteiger charge is 2.03. The smallest absolute Gasteiger partial charge is 0.123 e. The molecule has 0 fully saturated rings. The van der Waals surface area contributed by atoms with Crippen molar-refractivity contribution >= 4 is 0 Å². The lowest BCUT2D eigenvalue weighted by Gasteiger charge is -2.05. The Balaban J connectivity index is 2.81. The molecule has 1 aromatic carbocycles. The van der Waals surface area contributed by atoms with Gasteiger partial charge in [-0.1, -0.05) is 12.1 Å². The zero-order valence-corrected chi connectivity index (χ0v) is 5.87. The Hall–Kier alpha value is -0.930. The summed E-state index contributed by atoms with van der Waals surface area (Å²) in [4.78, 5) is 0. The van der Waals surface area contributed by atoms with Gasteiger partial charge in [0.15, 0.2) is 0 Å². The average molecular weight is 156 g/mol. The molecule has 0 bridgehead atoms. The summed E-state index contributed by atoms with van der Waals surface area (Å²) in [6.07, 6.45) is -0.907. The summed E-state index contributed by atoms with van der Waals surface area (Å²) in [5, 5.41) is 17.6. The van der Waals surface area contributed by atoms with Crippen molar-refractivity contribution in [2.24, 2.45) is 0 Å². The fourth-order valence-corrected chi connectivity index (χ4v) is 0.790. The average Bonchev–Trinajstić information content (AvgIpc) is 2.05. The van der Waals surface area contributed by atoms with Gasteiger partial charge in [-0.15, -0.1) is 0 Å². The van der Waals surface area contributed by atoms with Gasteiger partial charge in [0.05, 0.1) is 6.61 Å². The fourth-order valence-electron chi connectivity index (χ4n) is 0.790. The molecule has 0 saturated carbocycles. The quantitative estimate of drug-likeness (QED) is 0.666. The van der Waals surface area contributed by atoms with Crippen LogP contribution in [0.1, 0.15) is 11.7 Å². The summed E-state index contributed by atoms with van der Waals surface area (Å²) in [7, 11) is 0. The van der Waals surface area contributed by atoms with Gasteiger partial charge in [0, 0.05) is 0 Å². The van der Waals surface area contributed by atoms with Crippen molar-refractivity contribution in [1.82, 2.24) is 0 Å². The SMILES string of the molecule is OCC(O)c1ccc(F)cc1. The molecule has 0 aliphatic carbocycles. The maximum Gasteiger partial charge on any atom is 0.123 e. The molecule has 0 aliphatic rings. The van der Waals surface area contributed by atoms with E-state index in [0.29, 0.717) is 5.56 Å². The lowest BCUT2D eigenvalue weighted by molar-refractivity contribution is 0.0955. The Labute approximate surface area is 63.9 Å². The molecular weight excluding hydrogens is 147 g/mol. The molecule has 11 heavy (non-hydrogen) atoms. The molecule has 0 spiro atoms. The van der Waals surface area contributed by atoms with Crippen LogP contribution in [0.3, 0.4) is 0 Å². The van der Waals surface area contributed by atoms with Crippen LogP contribution in [0.25, 0.3) is 0 Å². The van der Waals surface area contributed by atoms with E-state index in [-0.39, 0.29) is 12.4 Å². The van der Waals surface area contributed by atoms with Gasteiger partial charge < -0.3 is 10.2 Å². The second-order valence-corrected chi connectivity index (χ2v) is 2.25. The molecule has 1 aromatic rings. The van der Waals surface area contributed by atoms with E-state index in [1.807, 2.05) is 0 Å². The van der Waals surface area contributed by atoms with Crippen LogP contribution in [-0.4, -0.2) is 16.8 Å². The predicted molar refractivity (Wildman–Crippen MR) is 38.4 cm³/mol. The summed E-state index contributed by atoms with van der Waals surface area (Å²) in [5.41, 5.74) is 0.522. The number of hydrogen-bond donors (Lipinski definition) is 2. The highest BCUT2D eigenvalue weighted by molar-refractivity contribution is 5.18. The van der Waals surface area contributed by atoms with Crippen molar-refractivity contribution in [3.8, 4) is 0 Å². The van der Waals surface area contributed by atoms with Crippen molar-refractivity contribution in [3.63, 3.8) is 0 Å². The van der Waals surface area contributed by atoms with Crippen molar-refractivity contribution < 1.29 is 14.6 Å². The Morgan fingerprint density at radius 2 is 1.82 bits per heavy atom. The molecule has 2 nitrogen and oxygen atoms in total. The molecule has 0 radical (unpaired) electrons. The number of rotatable bonds is 2. The molecule has 0 saturated heterocycles. The monoisotopic (exact) mass is 156 g/mol. The fraction of sp³-hybridized carbons (Fsp3) is 0.250. The van der Waals surface area contributed by atoms with Gasteiger partial charge in [0.2, 0.25) is 0 Å². The Morgan fingerprint density at radius 3 is 2.27 bits per heavy atom. The molecule has 1 unspecified atom stereocenters.